The van der Waals surface area contributed by atoms with Gasteiger partial charge in [-0.2, -0.15) is 0 Å². The van der Waals surface area contributed by atoms with Crippen LogP contribution in [0.25, 0.3) is 5.76 Å². The van der Waals surface area contributed by atoms with Crippen molar-refractivity contribution in [2.75, 3.05) is 11.5 Å². The lowest BCUT2D eigenvalue weighted by molar-refractivity contribution is -0.132. The minimum absolute atomic E-state index is 0.0114. The molecule has 2 aromatic heterocycles. The fraction of sp³-hybridized carbons (Fsp3) is 0.188. The smallest absolute Gasteiger partial charge is 0.350 e. The van der Waals surface area contributed by atoms with E-state index in [0.29, 0.717) is 29.4 Å². The summed E-state index contributed by atoms with van der Waals surface area (Å²) in [5.41, 5.74) is 2.64. The molecule has 4 aromatic rings. The Kier molecular flexibility index (Phi) is 8.08. The van der Waals surface area contributed by atoms with Crippen molar-refractivity contribution in [3.05, 3.63) is 118 Å². The molecule has 0 aliphatic carbocycles. The van der Waals surface area contributed by atoms with E-state index in [-0.39, 0.29) is 33.7 Å². The van der Waals surface area contributed by atoms with Gasteiger partial charge in [-0.05, 0) is 62.7 Å². The number of aliphatic hydroxyl groups excluding tert-OH is 1. The zero-order valence-corrected chi connectivity index (χ0v) is 24.1. The molecule has 1 aliphatic rings. The number of aromatic nitrogens is 1. The van der Waals surface area contributed by atoms with E-state index in [9.17, 15) is 19.5 Å². The van der Waals surface area contributed by atoms with Gasteiger partial charge in [-0.25, -0.2) is 9.78 Å². The van der Waals surface area contributed by atoms with Crippen LogP contribution in [0.2, 0.25) is 0 Å². The summed E-state index contributed by atoms with van der Waals surface area (Å²) in [4.78, 5) is 45.1. The fourth-order valence-electron chi connectivity index (χ4n) is 4.61. The molecule has 3 heterocycles. The Morgan fingerprint density at radius 3 is 2.55 bits per heavy atom. The van der Waals surface area contributed by atoms with Crippen molar-refractivity contribution in [1.82, 2.24) is 4.98 Å². The average molecular weight is 585 g/mol. The topological polar surface area (TPSA) is 119 Å². The second kappa shape index (κ2) is 11.9. The minimum Gasteiger partial charge on any atom is -0.507 e. The summed E-state index contributed by atoms with van der Waals surface area (Å²) in [7, 11) is 0. The molecule has 10 heteroatoms. The van der Waals surface area contributed by atoms with Gasteiger partial charge >= 0.3 is 11.9 Å². The van der Waals surface area contributed by atoms with Crippen molar-refractivity contribution < 1.29 is 33.4 Å². The van der Waals surface area contributed by atoms with Crippen molar-refractivity contribution in [3.8, 4) is 5.75 Å². The molecule has 0 saturated carbocycles. The maximum absolute atomic E-state index is 13.4. The van der Waals surface area contributed by atoms with Crippen molar-refractivity contribution in [2.45, 2.75) is 33.4 Å². The van der Waals surface area contributed by atoms with Crippen molar-refractivity contribution in [3.63, 3.8) is 0 Å². The Balaban J connectivity index is 1.49. The first kappa shape index (κ1) is 28.6. The average Bonchev–Trinajstić information content (AvgIpc) is 3.65. The van der Waals surface area contributed by atoms with E-state index in [1.807, 2.05) is 31.2 Å². The summed E-state index contributed by atoms with van der Waals surface area (Å²) in [6, 6.07) is 16.8. The summed E-state index contributed by atoms with van der Waals surface area (Å²) in [6.07, 6.45) is 1.44. The van der Waals surface area contributed by atoms with Crippen molar-refractivity contribution in [1.29, 1.82) is 0 Å². The number of carbonyl (C=O) groups excluding carboxylic acids is 3. The SMILES string of the molecule is C=CCOC(=O)c1sc(N2C(=O)C(=O)/C(=C(/O)c3ccc(OCc4cccc(C)c4)cc3)C2c2ccc(C)o2)nc1C. The normalized spacial score (nSPS) is 16.1. The van der Waals surface area contributed by atoms with Gasteiger partial charge in [0.05, 0.1) is 11.3 Å². The lowest BCUT2D eigenvalue weighted by Crippen LogP contribution is -2.29. The number of furan rings is 1. The molecule has 0 radical (unpaired) electrons. The van der Waals surface area contributed by atoms with Crippen LogP contribution in [0, 0.1) is 20.8 Å². The van der Waals surface area contributed by atoms with Crippen LogP contribution in [0.4, 0.5) is 5.13 Å². The number of nitrogens with zero attached hydrogens (tertiary/aromatic N) is 2. The van der Waals surface area contributed by atoms with E-state index < -0.39 is 23.7 Å². The quantitative estimate of drug-likeness (QED) is 0.0811. The van der Waals surface area contributed by atoms with Crippen LogP contribution in [-0.2, 0) is 20.9 Å². The fourth-order valence-corrected chi connectivity index (χ4v) is 5.59. The summed E-state index contributed by atoms with van der Waals surface area (Å²) in [5.74, 6) is -1.43. The molecule has 0 bridgehead atoms. The van der Waals surface area contributed by atoms with Crippen LogP contribution < -0.4 is 9.64 Å². The number of rotatable bonds is 9. The van der Waals surface area contributed by atoms with Crippen LogP contribution in [-0.4, -0.2) is 34.4 Å². The number of hydrogen-bond acceptors (Lipinski definition) is 9. The van der Waals surface area contributed by atoms with Gasteiger partial charge in [-0.3, -0.25) is 14.5 Å². The van der Waals surface area contributed by atoms with E-state index in [1.54, 1.807) is 50.2 Å². The van der Waals surface area contributed by atoms with Gasteiger partial charge in [0, 0.05) is 5.56 Å². The Morgan fingerprint density at radius 1 is 1.12 bits per heavy atom. The molecule has 1 amide bonds. The molecule has 1 unspecified atom stereocenters. The molecule has 1 saturated heterocycles. The van der Waals surface area contributed by atoms with Crippen molar-refractivity contribution >= 4 is 39.9 Å². The number of anilines is 1. The summed E-state index contributed by atoms with van der Waals surface area (Å²) in [6.45, 7) is 9.26. The number of ether oxygens (including phenoxy) is 2. The summed E-state index contributed by atoms with van der Waals surface area (Å²) < 4.78 is 16.8. The number of aryl methyl sites for hydroxylation is 3. The molecule has 2 aromatic carbocycles. The molecule has 42 heavy (non-hydrogen) atoms. The van der Waals surface area contributed by atoms with Gasteiger partial charge in [0.2, 0.25) is 0 Å². The van der Waals surface area contributed by atoms with E-state index in [0.717, 1.165) is 27.4 Å². The Hall–Kier alpha value is -4.96. The predicted octanol–water partition coefficient (Wildman–Crippen LogP) is 6.21. The molecule has 1 aliphatic heterocycles. The monoisotopic (exact) mass is 584 g/mol. The van der Waals surface area contributed by atoms with Gasteiger partial charge in [-0.1, -0.05) is 53.8 Å². The first-order valence-electron chi connectivity index (χ1n) is 13.1. The third kappa shape index (κ3) is 5.61. The second-order valence-corrected chi connectivity index (χ2v) is 10.7. The first-order valence-corrected chi connectivity index (χ1v) is 13.9. The van der Waals surface area contributed by atoms with E-state index in [1.165, 1.54) is 6.08 Å². The van der Waals surface area contributed by atoms with E-state index in [4.69, 9.17) is 13.9 Å². The molecule has 9 nitrogen and oxygen atoms in total. The lowest BCUT2D eigenvalue weighted by atomic mass is 9.99. The number of benzene rings is 2. The molecular formula is C32H28N2O7S. The third-order valence-electron chi connectivity index (χ3n) is 6.60. The number of hydrogen-bond donors (Lipinski definition) is 1. The molecule has 0 spiro atoms. The van der Waals surface area contributed by atoms with Crippen molar-refractivity contribution in [2.24, 2.45) is 0 Å². The van der Waals surface area contributed by atoms with Gasteiger partial charge < -0.3 is 19.0 Å². The van der Waals surface area contributed by atoms with E-state index >= 15 is 0 Å². The Bertz CT molecular complexity index is 1710. The van der Waals surface area contributed by atoms with Crippen LogP contribution in [0.1, 0.15) is 49.6 Å². The largest absolute Gasteiger partial charge is 0.507 e. The van der Waals surface area contributed by atoms with Gasteiger partial charge in [-0.15, -0.1) is 0 Å². The van der Waals surface area contributed by atoms with Crippen LogP contribution in [0.3, 0.4) is 0 Å². The predicted molar refractivity (Wildman–Crippen MR) is 158 cm³/mol. The number of thiazole rings is 1. The zero-order chi connectivity index (χ0) is 30.0. The molecule has 214 valence electrons. The number of carbonyl (C=O) groups is 3. The Morgan fingerprint density at radius 2 is 1.88 bits per heavy atom. The zero-order valence-electron chi connectivity index (χ0n) is 23.2. The number of ketones is 1. The maximum atomic E-state index is 13.4. The highest BCUT2D eigenvalue weighted by Gasteiger charge is 2.50. The standard InChI is InChI=1S/C32H28N2O7S/c1-5-15-39-31(38)29-20(4)33-32(42-29)34-26(24-14-9-19(3)41-24)25(28(36)30(34)37)27(35)22-10-12-23(13-11-22)40-17-21-8-6-7-18(2)16-21/h5-14,16,26,35H,1,15,17H2,2-4H3/b27-25+. The third-order valence-corrected chi connectivity index (χ3v) is 7.74. The Labute approximate surface area is 246 Å². The summed E-state index contributed by atoms with van der Waals surface area (Å²) in [5, 5.41) is 11.5. The minimum atomic E-state index is -1.11. The van der Waals surface area contributed by atoms with Crippen LogP contribution >= 0.6 is 11.3 Å². The summed E-state index contributed by atoms with van der Waals surface area (Å²) >= 11 is 0.913. The molecule has 1 N–H and O–H groups in total. The maximum Gasteiger partial charge on any atom is 0.350 e. The highest BCUT2D eigenvalue weighted by atomic mass is 32.1. The second-order valence-electron chi connectivity index (χ2n) is 9.72. The highest BCUT2D eigenvalue weighted by molar-refractivity contribution is 7.17. The highest BCUT2D eigenvalue weighted by Crippen LogP contribution is 2.44. The van der Waals surface area contributed by atoms with Gasteiger partial charge in [0.1, 0.15) is 47.2 Å². The van der Waals surface area contributed by atoms with Crippen LogP contribution in [0.5, 0.6) is 5.75 Å². The molecular weight excluding hydrogens is 556 g/mol. The number of esters is 1. The first-order chi connectivity index (χ1) is 20.2. The van der Waals surface area contributed by atoms with E-state index in [2.05, 4.69) is 11.6 Å². The van der Waals surface area contributed by atoms with Gasteiger partial charge in [0.15, 0.2) is 5.13 Å². The molecule has 1 fully saturated rings. The molecule has 5 rings (SSSR count). The number of amides is 1. The number of aliphatic hydroxyl groups is 1. The number of Topliss-reactive ketones (excluding diaryl/α,β-unsaturated/α-hetero) is 1. The lowest BCUT2D eigenvalue weighted by Gasteiger charge is -2.20. The van der Waals surface area contributed by atoms with Crippen LogP contribution in [0.15, 0.2) is 83.3 Å². The van der Waals surface area contributed by atoms with Gasteiger partial charge in [0.25, 0.3) is 5.78 Å². The molecule has 1 atom stereocenters.